The van der Waals surface area contributed by atoms with E-state index in [1.54, 1.807) is 12.1 Å². The second-order valence-electron chi connectivity index (χ2n) is 8.48. The van der Waals surface area contributed by atoms with Crippen molar-refractivity contribution < 1.29 is 17.9 Å². The van der Waals surface area contributed by atoms with Gasteiger partial charge in [0.05, 0.1) is 21.7 Å². The Bertz CT molecular complexity index is 1330. The van der Waals surface area contributed by atoms with Gasteiger partial charge in [-0.1, -0.05) is 25.2 Å². The molecule has 0 bridgehead atoms. The highest BCUT2D eigenvalue weighted by Gasteiger charge is 2.23. The minimum absolute atomic E-state index is 0.190. The van der Waals surface area contributed by atoms with Crippen molar-refractivity contribution in [1.29, 1.82) is 0 Å². The van der Waals surface area contributed by atoms with Gasteiger partial charge >= 0.3 is 0 Å². The SMILES string of the molecule is CCCN(CCC)S(=O)(=O)c1ccc(C(=O)N=c2sc3cc(C)c(C)cc3n2CCOCC)cc1. The third-order valence-electron chi connectivity index (χ3n) is 5.84. The van der Waals surface area contributed by atoms with Gasteiger partial charge in [-0.3, -0.25) is 4.79 Å². The van der Waals surface area contributed by atoms with Gasteiger partial charge in [-0.2, -0.15) is 9.30 Å². The molecule has 1 heterocycles. The van der Waals surface area contributed by atoms with E-state index in [4.69, 9.17) is 4.74 Å². The van der Waals surface area contributed by atoms with Gasteiger partial charge in [-0.05, 0) is 81.1 Å². The largest absolute Gasteiger partial charge is 0.380 e. The normalized spacial score (nSPS) is 12.7. The van der Waals surface area contributed by atoms with E-state index < -0.39 is 15.9 Å². The van der Waals surface area contributed by atoms with Crippen LogP contribution >= 0.6 is 11.3 Å². The Balaban J connectivity index is 1.96. The molecule has 1 aromatic heterocycles. The summed E-state index contributed by atoms with van der Waals surface area (Å²) < 4.78 is 36.2. The van der Waals surface area contributed by atoms with E-state index in [1.165, 1.54) is 38.9 Å². The van der Waals surface area contributed by atoms with E-state index in [2.05, 4.69) is 31.0 Å². The van der Waals surface area contributed by atoms with Gasteiger partial charge < -0.3 is 9.30 Å². The number of nitrogens with zero attached hydrogens (tertiary/aromatic N) is 3. The molecule has 1 amide bonds. The van der Waals surface area contributed by atoms with Crippen LogP contribution in [0.3, 0.4) is 0 Å². The molecule has 0 aliphatic carbocycles. The molecule has 3 rings (SSSR count). The van der Waals surface area contributed by atoms with Crippen molar-refractivity contribution in [2.75, 3.05) is 26.3 Å². The van der Waals surface area contributed by atoms with Crippen molar-refractivity contribution in [3.63, 3.8) is 0 Å². The number of carbonyl (C=O) groups is 1. The van der Waals surface area contributed by atoms with Crippen molar-refractivity contribution >= 4 is 37.5 Å². The zero-order chi connectivity index (χ0) is 25.6. The van der Waals surface area contributed by atoms with E-state index >= 15 is 0 Å². The lowest BCUT2D eigenvalue weighted by molar-refractivity contribution is 0.0996. The molecular formula is C26H35N3O4S2. The highest BCUT2D eigenvalue weighted by Crippen LogP contribution is 2.22. The number of rotatable bonds is 11. The Morgan fingerprint density at radius 2 is 1.66 bits per heavy atom. The maximum absolute atomic E-state index is 13.0. The van der Waals surface area contributed by atoms with Gasteiger partial charge in [0.25, 0.3) is 5.91 Å². The van der Waals surface area contributed by atoms with E-state index in [-0.39, 0.29) is 4.90 Å². The van der Waals surface area contributed by atoms with E-state index in [9.17, 15) is 13.2 Å². The molecule has 0 saturated carbocycles. The Kier molecular flexibility index (Phi) is 9.40. The van der Waals surface area contributed by atoms with E-state index in [1.807, 2.05) is 25.3 Å². The predicted octanol–water partition coefficient (Wildman–Crippen LogP) is 4.91. The lowest BCUT2D eigenvalue weighted by atomic mass is 10.1. The second-order valence-corrected chi connectivity index (χ2v) is 11.4. The third-order valence-corrected chi connectivity index (χ3v) is 8.80. The van der Waals surface area contributed by atoms with Crippen molar-refractivity contribution in [2.45, 2.75) is 58.9 Å². The molecule has 0 spiro atoms. The summed E-state index contributed by atoms with van der Waals surface area (Å²) in [6.45, 7) is 12.7. The molecule has 0 atom stereocenters. The minimum Gasteiger partial charge on any atom is -0.380 e. The van der Waals surface area contributed by atoms with E-state index in [0.717, 1.165) is 23.1 Å². The van der Waals surface area contributed by atoms with Crippen molar-refractivity contribution in [2.24, 2.45) is 4.99 Å². The fourth-order valence-electron chi connectivity index (χ4n) is 3.84. The number of ether oxygens (including phenoxy) is 1. The van der Waals surface area contributed by atoms with Gasteiger partial charge in [0.1, 0.15) is 0 Å². The molecule has 0 N–H and O–H groups in total. The van der Waals surface area contributed by atoms with Crippen LogP contribution in [0.5, 0.6) is 0 Å². The van der Waals surface area contributed by atoms with Crippen LogP contribution in [0.1, 0.15) is 55.1 Å². The van der Waals surface area contributed by atoms with Crippen LogP contribution in [-0.4, -0.2) is 49.5 Å². The molecule has 0 fully saturated rings. The van der Waals surface area contributed by atoms with Crippen LogP contribution in [0.2, 0.25) is 0 Å². The highest BCUT2D eigenvalue weighted by atomic mass is 32.2. The van der Waals surface area contributed by atoms with Crippen LogP contribution in [-0.2, 0) is 21.3 Å². The standard InChI is InChI=1S/C26H35N3O4S2/c1-6-13-28(14-7-2)35(31,32)22-11-9-21(10-12-22)25(30)27-26-29(15-16-33-8-3)23-17-19(4)20(5)18-24(23)34-26/h9-12,17-18H,6-8,13-16H2,1-5H3. The van der Waals surface area contributed by atoms with Gasteiger partial charge in [-0.25, -0.2) is 8.42 Å². The molecular weight excluding hydrogens is 482 g/mol. The molecule has 0 saturated heterocycles. The van der Waals surface area contributed by atoms with Crippen molar-refractivity contribution in [3.8, 4) is 0 Å². The van der Waals surface area contributed by atoms with Gasteiger partial charge in [-0.15, -0.1) is 0 Å². The smallest absolute Gasteiger partial charge is 0.279 e. The summed E-state index contributed by atoms with van der Waals surface area (Å²) >= 11 is 1.47. The summed E-state index contributed by atoms with van der Waals surface area (Å²) in [7, 11) is -3.60. The van der Waals surface area contributed by atoms with Gasteiger partial charge in [0.15, 0.2) is 4.80 Å². The number of sulfonamides is 1. The summed E-state index contributed by atoms with van der Waals surface area (Å²) in [5, 5.41) is 0. The summed E-state index contributed by atoms with van der Waals surface area (Å²) in [4.78, 5) is 18.3. The number of hydrogen-bond donors (Lipinski definition) is 0. The highest BCUT2D eigenvalue weighted by molar-refractivity contribution is 7.89. The van der Waals surface area contributed by atoms with Crippen molar-refractivity contribution in [3.05, 3.63) is 57.9 Å². The molecule has 0 aliphatic rings. The van der Waals surface area contributed by atoms with Crippen LogP contribution in [0.4, 0.5) is 0 Å². The summed E-state index contributed by atoms with van der Waals surface area (Å²) in [6.07, 6.45) is 1.48. The molecule has 2 aromatic carbocycles. The first-order valence-electron chi connectivity index (χ1n) is 12.1. The lowest BCUT2D eigenvalue weighted by Gasteiger charge is -2.21. The molecule has 0 unspecified atom stereocenters. The Morgan fingerprint density at radius 1 is 1.03 bits per heavy atom. The first-order chi connectivity index (χ1) is 16.7. The second kappa shape index (κ2) is 12.1. The summed E-state index contributed by atoms with van der Waals surface area (Å²) in [5.41, 5.74) is 3.74. The predicted molar refractivity (Wildman–Crippen MR) is 141 cm³/mol. The lowest BCUT2D eigenvalue weighted by Crippen LogP contribution is -2.32. The average molecular weight is 518 g/mol. The number of carbonyl (C=O) groups excluding carboxylic acids is 1. The fourth-order valence-corrected chi connectivity index (χ4v) is 6.60. The Hall–Kier alpha value is -2.33. The fraction of sp³-hybridized carbons (Fsp3) is 0.462. The summed E-state index contributed by atoms with van der Waals surface area (Å²) in [5.74, 6) is -0.405. The zero-order valence-electron chi connectivity index (χ0n) is 21.2. The number of hydrogen-bond acceptors (Lipinski definition) is 5. The molecule has 9 heteroatoms. The molecule has 0 radical (unpaired) electrons. The maximum atomic E-state index is 13.0. The third kappa shape index (κ3) is 6.27. The molecule has 0 aliphatic heterocycles. The first-order valence-corrected chi connectivity index (χ1v) is 14.4. The maximum Gasteiger partial charge on any atom is 0.279 e. The average Bonchev–Trinajstić information content (AvgIpc) is 3.15. The number of aromatic nitrogens is 1. The number of amides is 1. The quantitative estimate of drug-likeness (QED) is 0.339. The van der Waals surface area contributed by atoms with Crippen LogP contribution in [0.15, 0.2) is 46.3 Å². The molecule has 35 heavy (non-hydrogen) atoms. The number of thiazole rings is 1. The van der Waals surface area contributed by atoms with Crippen LogP contribution in [0, 0.1) is 13.8 Å². The Labute approximate surface area is 212 Å². The first kappa shape index (κ1) is 27.3. The Morgan fingerprint density at radius 3 is 2.26 bits per heavy atom. The number of fused-ring (bicyclic) bond motifs is 1. The topological polar surface area (TPSA) is 81.0 Å². The van der Waals surface area contributed by atoms with E-state index in [0.29, 0.717) is 43.2 Å². The van der Waals surface area contributed by atoms with Gasteiger partial charge in [0, 0.05) is 31.8 Å². The molecule has 190 valence electrons. The number of aryl methyl sites for hydroxylation is 2. The van der Waals surface area contributed by atoms with Crippen molar-refractivity contribution in [1.82, 2.24) is 8.87 Å². The summed E-state index contributed by atoms with van der Waals surface area (Å²) in [6, 6.07) is 10.3. The molecule has 3 aromatic rings. The zero-order valence-corrected chi connectivity index (χ0v) is 22.8. The number of benzene rings is 2. The van der Waals surface area contributed by atoms with Crippen LogP contribution < -0.4 is 4.80 Å². The monoisotopic (exact) mass is 517 g/mol. The van der Waals surface area contributed by atoms with Crippen LogP contribution in [0.25, 0.3) is 10.2 Å². The minimum atomic E-state index is -3.60. The van der Waals surface area contributed by atoms with Gasteiger partial charge in [0.2, 0.25) is 10.0 Å². The molecule has 7 nitrogen and oxygen atoms in total.